The van der Waals surface area contributed by atoms with Gasteiger partial charge in [-0.15, -0.1) is 0 Å². The summed E-state index contributed by atoms with van der Waals surface area (Å²) in [6.07, 6.45) is 0.519. The summed E-state index contributed by atoms with van der Waals surface area (Å²) in [5.41, 5.74) is 1.16. The molecule has 0 radical (unpaired) electrons. The normalized spacial score (nSPS) is 11.3. The van der Waals surface area contributed by atoms with Crippen LogP contribution in [0.3, 0.4) is 0 Å². The van der Waals surface area contributed by atoms with Gasteiger partial charge in [0.05, 0.1) is 6.61 Å². The zero-order valence-electron chi connectivity index (χ0n) is 13.9. The maximum atomic E-state index is 12.1. The number of rotatable bonds is 7. The first kappa shape index (κ1) is 17.5. The van der Waals surface area contributed by atoms with Crippen molar-refractivity contribution in [3.8, 4) is 5.75 Å². The minimum Gasteiger partial charge on any atom is -0.494 e. The Morgan fingerprint density at radius 3 is 2.38 bits per heavy atom. The molecule has 0 atom stereocenters. The number of hydrogen-bond acceptors (Lipinski definition) is 3. The van der Waals surface area contributed by atoms with Crippen LogP contribution in [-0.2, 0) is 11.3 Å². The monoisotopic (exact) mass is 292 g/mol. The maximum Gasteiger partial charge on any atom is 0.223 e. The van der Waals surface area contributed by atoms with Crippen molar-refractivity contribution in [1.82, 2.24) is 10.2 Å². The van der Waals surface area contributed by atoms with Crippen LogP contribution >= 0.6 is 0 Å². The zero-order chi connectivity index (χ0) is 15.9. The highest BCUT2D eigenvalue weighted by Gasteiger charge is 2.12. The molecule has 0 aliphatic carbocycles. The van der Waals surface area contributed by atoms with Crippen molar-refractivity contribution in [3.63, 3.8) is 0 Å². The van der Waals surface area contributed by atoms with E-state index < -0.39 is 0 Å². The predicted molar refractivity (Wildman–Crippen MR) is 86.5 cm³/mol. The molecule has 4 heteroatoms. The first-order valence-corrected chi connectivity index (χ1v) is 7.52. The van der Waals surface area contributed by atoms with Crippen LogP contribution in [0.15, 0.2) is 24.3 Å². The van der Waals surface area contributed by atoms with Crippen molar-refractivity contribution in [2.45, 2.75) is 46.2 Å². The molecular formula is C17H28N2O2. The Bertz CT molecular complexity index is 435. The van der Waals surface area contributed by atoms with Gasteiger partial charge in [-0.2, -0.15) is 0 Å². The van der Waals surface area contributed by atoms with E-state index in [4.69, 9.17) is 4.74 Å². The smallest absolute Gasteiger partial charge is 0.223 e. The van der Waals surface area contributed by atoms with Crippen LogP contribution in [0.1, 0.15) is 39.7 Å². The lowest BCUT2D eigenvalue weighted by atomic mass is 10.1. The van der Waals surface area contributed by atoms with Crippen molar-refractivity contribution in [2.24, 2.45) is 0 Å². The van der Waals surface area contributed by atoms with Crippen LogP contribution in [-0.4, -0.2) is 36.5 Å². The zero-order valence-corrected chi connectivity index (χ0v) is 13.9. The number of carbonyl (C=O) groups is 1. The van der Waals surface area contributed by atoms with E-state index in [-0.39, 0.29) is 11.4 Å². The molecule has 0 aromatic heterocycles. The molecule has 0 bridgehead atoms. The molecule has 1 aromatic rings. The Balaban J connectivity index is 2.41. The lowest BCUT2D eigenvalue weighted by Gasteiger charge is -2.22. The molecule has 0 heterocycles. The van der Waals surface area contributed by atoms with E-state index in [0.717, 1.165) is 11.3 Å². The van der Waals surface area contributed by atoms with Crippen molar-refractivity contribution in [2.75, 3.05) is 20.2 Å². The van der Waals surface area contributed by atoms with Crippen LogP contribution in [0.5, 0.6) is 5.75 Å². The second-order valence-corrected chi connectivity index (χ2v) is 6.25. The number of carbonyl (C=O) groups excluding carboxylic acids is 1. The molecule has 0 aliphatic rings. The Hall–Kier alpha value is -1.55. The highest BCUT2D eigenvalue weighted by atomic mass is 16.5. The third-order valence-corrected chi connectivity index (χ3v) is 3.07. The summed E-state index contributed by atoms with van der Waals surface area (Å²) in [7, 11) is 1.84. The third kappa shape index (κ3) is 7.14. The molecule has 1 aromatic carbocycles. The van der Waals surface area contributed by atoms with E-state index in [1.165, 1.54) is 0 Å². The molecule has 21 heavy (non-hydrogen) atoms. The summed E-state index contributed by atoms with van der Waals surface area (Å²) in [6.45, 7) is 10.3. The average Bonchev–Trinajstić information content (AvgIpc) is 2.39. The number of hydrogen-bond donors (Lipinski definition) is 1. The van der Waals surface area contributed by atoms with Gasteiger partial charge in [-0.1, -0.05) is 12.1 Å². The molecule has 4 nitrogen and oxygen atoms in total. The van der Waals surface area contributed by atoms with Crippen molar-refractivity contribution < 1.29 is 9.53 Å². The number of amides is 1. The van der Waals surface area contributed by atoms with Gasteiger partial charge in [0.2, 0.25) is 5.91 Å². The van der Waals surface area contributed by atoms with Gasteiger partial charge < -0.3 is 15.0 Å². The second-order valence-electron chi connectivity index (χ2n) is 6.25. The van der Waals surface area contributed by atoms with Gasteiger partial charge in [0, 0.05) is 32.1 Å². The highest BCUT2D eigenvalue weighted by molar-refractivity contribution is 5.76. The van der Waals surface area contributed by atoms with E-state index in [9.17, 15) is 4.79 Å². The van der Waals surface area contributed by atoms with Gasteiger partial charge in [-0.25, -0.2) is 0 Å². The average molecular weight is 292 g/mol. The van der Waals surface area contributed by atoms with Crippen molar-refractivity contribution >= 4 is 5.91 Å². The molecule has 0 fully saturated rings. The van der Waals surface area contributed by atoms with Crippen LogP contribution in [0.4, 0.5) is 0 Å². The molecule has 118 valence electrons. The van der Waals surface area contributed by atoms with Gasteiger partial charge in [0.25, 0.3) is 0 Å². The summed E-state index contributed by atoms with van der Waals surface area (Å²) < 4.78 is 5.41. The standard InChI is InChI=1S/C17H28N2O2/c1-6-21-15-9-7-14(8-10-15)13-19(5)16(20)11-12-18-17(2,3)4/h7-10,18H,6,11-13H2,1-5H3. The summed E-state index contributed by atoms with van der Waals surface area (Å²) >= 11 is 0. The van der Waals surface area contributed by atoms with E-state index in [1.54, 1.807) is 4.90 Å². The van der Waals surface area contributed by atoms with Gasteiger partial charge in [0.15, 0.2) is 0 Å². The fourth-order valence-electron chi connectivity index (χ4n) is 1.96. The van der Waals surface area contributed by atoms with Gasteiger partial charge >= 0.3 is 0 Å². The third-order valence-electron chi connectivity index (χ3n) is 3.07. The van der Waals surface area contributed by atoms with Crippen LogP contribution in [0.25, 0.3) is 0 Å². The molecule has 0 saturated heterocycles. The summed E-state index contributed by atoms with van der Waals surface area (Å²) in [5.74, 6) is 1.02. The van der Waals surface area contributed by atoms with E-state index in [1.807, 2.05) is 38.2 Å². The first-order chi connectivity index (χ1) is 9.81. The molecule has 0 spiro atoms. The maximum absolute atomic E-state index is 12.1. The Kier molecular flexibility index (Phi) is 6.69. The van der Waals surface area contributed by atoms with Gasteiger partial charge in [0.1, 0.15) is 5.75 Å². The number of benzene rings is 1. The molecule has 1 N–H and O–H groups in total. The van der Waals surface area contributed by atoms with Crippen LogP contribution < -0.4 is 10.1 Å². The SMILES string of the molecule is CCOc1ccc(CN(C)C(=O)CCNC(C)(C)C)cc1. The van der Waals surface area contributed by atoms with Crippen molar-refractivity contribution in [3.05, 3.63) is 29.8 Å². The van der Waals surface area contributed by atoms with Crippen LogP contribution in [0.2, 0.25) is 0 Å². The lowest BCUT2D eigenvalue weighted by molar-refractivity contribution is -0.130. The Morgan fingerprint density at radius 2 is 1.86 bits per heavy atom. The van der Waals surface area contributed by atoms with E-state index in [0.29, 0.717) is 26.1 Å². The molecular weight excluding hydrogens is 264 g/mol. The summed E-state index contributed by atoms with van der Waals surface area (Å²) in [5, 5.41) is 3.33. The Labute approximate surface area is 128 Å². The second kappa shape index (κ2) is 8.03. The van der Waals surface area contributed by atoms with Gasteiger partial charge in [-0.05, 0) is 45.4 Å². The number of nitrogens with zero attached hydrogens (tertiary/aromatic N) is 1. The predicted octanol–water partition coefficient (Wildman–Crippen LogP) is 2.82. The molecule has 0 saturated carbocycles. The topological polar surface area (TPSA) is 41.6 Å². The fourth-order valence-corrected chi connectivity index (χ4v) is 1.96. The number of ether oxygens (including phenoxy) is 1. The molecule has 0 aliphatic heterocycles. The number of nitrogens with one attached hydrogen (secondary N) is 1. The van der Waals surface area contributed by atoms with Crippen LogP contribution in [0, 0.1) is 0 Å². The van der Waals surface area contributed by atoms with Gasteiger partial charge in [-0.3, -0.25) is 4.79 Å². The molecule has 0 unspecified atom stereocenters. The van der Waals surface area contributed by atoms with Crippen molar-refractivity contribution in [1.29, 1.82) is 0 Å². The minimum absolute atomic E-state index is 0.0496. The Morgan fingerprint density at radius 1 is 1.24 bits per heavy atom. The summed E-state index contributed by atoms with van der Waals surface area (Å²) in [6, 6.07) is 7.89. The fraction of sp³-hybridized carbons (Fsp3) is 0.588. The van der Waals surface area contributed by atoms with E-state index in [2.05, 4.69) is 26.1 Å². The quantitative estimate of drug-likeness (QED) is 0.840. The molecule has 1 amide bonds. The lowest BCUT2D eigenvalue weighted by Crippen LogP contribution is -2.38. The summed E-state index contributed by atoms with van der Waals surface area (Å²) in [4.78, 5) is 13.8. The largest absolute Gasteiger partial charge is 0.494 e. The molecule has 1 rings (SSSR count). The highest BCUT2D eigenvalue weighted by Crippen LogP contribution is 2.13. The first-order valence-electron chi connectivity index (χ1n) is 7.52. The van der Waals surface area contributed by atoms with E-state index >= 15 is 0 Å². The minimum atomic E-state index is 0.0496.